The molecule has 0 bridgehead atoms. The summed E-state index contributed by atoms with van der Waals surface area (Å²) in [5.41, 5.74) is 4.10. The number of ketones is 1. The van der Waals surface area contributed by atoms with Crippen LogP contribution in [0.2, 0.25) is 0 Å². The van der Waals surface area contributed by atoms with Gasteiger partial charge in [-0.25, -0.2) is 0 Å². The van der Waals surface area contributed by atoms with Crippen LogP contribution >= 0.6 is 15.9 Å². The Hall–Kier alpha value is -2.78. The zero-order valence-electron chi connectivity index (χ0n) is 13.3. The lowest BCUT2D eigenvalue weighted by molar-refractivity contribution is 0.103. The molecule has 0 aliphatic carbocycles. The summed E-state index contributed by atoms with van der Waals surface area (Å²) >= 11 is 3.41. The minimum Gasteiger partial charge on any atom is -0.289 e. The molecular formula is C22H14BrNO. The van der Waals surface area contributed by atoms with Gasteiger partial charge in [0.05, 0.1) is 5.52 Å². The Balaban J connectivity index is 1.97. The number of pyridine rings is 1. The molecule has 0 radical (unpaired) electrons. The lowest BCUT2D eigenvalue weighted by atomic mass is 9.92. The highest BCUT2D eigenvalue weighted by Gasteiger charge is 2.18. The van der Waals surface area contributed by atoms with E-state index in [1.165, 1.54) is 0 Å². The van der Waals surface area contributed by atoms with Crippen LogP contribution in [0.4, 0.5) is 0 Å². The van der Waals surface area contributed by atoms with Crippen LogP contribution in [-0.2, 0) is 0 Å². The fraction of sp³-hybridized carbons (Fsp3) is 0. The second-order valence-electron chi connectivity index (χ2n) is 5.77. The number of carbonyl (C=O) groups excluding carboxylic acids is 1. The molecule has 3 heteroatoms. The molecule has 1 heterocycles. The SMILES string of the molecule is O=C(c1ccc(Br)cc1)c1cnc2ccccc2c1-c1ccccc1. The number of nitrogens with zero attached hydrogens (tertiary/aromatic N) is 1. The molecule has 4 aromatic rings. The second kappa shape index (κ2) is 6.61. The molecule has 0 N–H and O–H groups in total. The number of halogens is 1. The molecule has 0 aliphatic rings. The van der Waals surface area contributed by atoms with Crippen molar-refractivity contribution in [3.63, 3.8) is 0 Å². The van der Waals surface area contributed by atoms with Gasteiger partial charge in [0, 0.05) is 32.7 Å². The Morgan fingerprint density at radius 2 is 1.48 bits per heavy atom. The van der Waals surface area contributed by atoms with Crippen molar-refractivity contribution in [2.75, 3.05) is 0 Å². The van der Waals surface area contributed by atoms with Gasteiger partial charge < -0.3 is 0 Å². The largest absolute Gasteiger partial charge is 0.289 e. The average Bonchev–Trinajstić information content (AvgIpc) is 2.68. The van der Waals surface area contributed by atoms with Crippen LogP contribution in [-0.4, -0.2) is 10.8 Å². The van der Waals surface area contributed by atoms with Crippen molar-refractivity contribution >= 4 is 32.6 Å². The predicted octanol–water partition coefficient (Wildman–Crippen LogP) is 5.90. The summed E-state index contributed by atoms with van der Waals surface area (Å²) in [6, 6.07) is 25.3. The quantitative estimate of drug-likeness (QED) is 0.409. The van der Waals surface area contributed by atoms with Gasteiger partial charge in [-0.1, -0.05) is 64.5 Å². The van der Waals surface area contributed by atoms with E-state index in [4.69, 9.17) is 0 Å². The van der Waals surface area contributed by atoms with Crippen molar-refractivity contribution < 1.29 is 4.79 Å². The number of carbonyl (C=O) groups is 1. The topological polar surface area (TPSA) is 30.0 Å². The first-order valence-corrected chi connectivity index (χ1v) is 8.77. The Morgan fingerprint density at radius 1 is 0.800 bits per heavy atom. The molecule has 0 atom stereocenters. The smallest absolute Gasteiger partial charge is 0.195 e. The van der Waals surface area contributed by atoms with Crippen LogP contribution in [0.25, 0.3) is 22.0 Å². The van der Waals surface area contributed by atoms with Gasteiger partial charge in [0.1, 0.15) is 0 Å². The van der Waals surface area contributed by atoms with Gasteiger partial charge in [0.15, 0.2) is 5.78 Å². The Morgan fingerprint density at radius 3 is 2.24 bits per heavy atom. The molecule has 0 spiro atoms. The highest BCUT2D eigenvalue weighted by atomic mass is 79.9. The van der Waals surface area contributed by atoms with Crippen molar-refractivity contribution in [1.82, 2.24) is 4.98 Å². The number of benzene rings is 3. The highest BCUT2D eigenvalue weighted by Crippen LogP contribution is 2.32. The molecular weight excluding hydrogens is 374 g/mol. The van der Waals surface area contributed by atoms with Gasteiger partial charge in [-0.05, 0) is 35.9 Å². The van der Waals surface area contributed by atoms with Crippen LogP contribution in [0.3, 0.4) is 0 Å². The summed E-state index contributed by atoms with van der Waals surface area (Å²) in [5.74, 6) is -0.0235. The van der Waals surface area contributed by atoms with E-state index in [1.807, 2.05) is 78.9 Å². The first kappa shape index (κ1) is 15.7. The predicted molar refractivity (Wildman–Crippen MR) is 105 cm³/mol. The maximum atomic E-state index is 13.1. The van der Waals surface area contributed by atoms with Gasteiger partial charge in [-0.15, -0.1) is 0 Å². The van der Waals surface area contributed by atoms with Crippen LogP contribution < -0.4 is 0 Å². The molecule has 2 nitrogen and oxygen atoms in total. The van der Waals surface area contributed by atoms with Gasteiger partial charge in [-0.3, -0.25) is 9.78 Å². The molecule has 0 fully saturated rings. The first-order chi connectivity index (χ1) is 12.2. The Labute approximate surface area is 154 Å². The summed E-state index contributed by atoms with van der Waals surface area (Å²) in [6.07, 6.45) is 1.69. The molecule has 0 aliphatic heterocycles. The number of hydrogen-bond acceptors (Lipinski definition) is 2. The standard InChI is InChI=1S/C22H14BrNO/c23-17-12-10-16(11-13-17)22(25)19-14-24-20-9-5-4-8-18(20)21(19)15-6-2-1-3-7-15/h1-14H. The zero-order chi connectivity index (χ0) is 17.2. The van der Waals surface area contributed by atoms with Gasteiger partial charge in [0.25, 0.3) is 0 Å². The highest BCUT2D eigenvalue weighted by molar-refractivity contribution is 9.10. The summed E-state index contributed by atoms with van der Waals surface area (Å²) in [4.78, 5) is 17.6. The molecule has 120 valence electrons. The van der Waals surface area contributed by atoms with Crippen molar-refractivity contribution in [3.8, 4) is 11.1 Å². The third-order valence-corrected chi connectivity index (χ3v) is 4.72. The van der Waals surface area contributed by atoms with Crippen LogP contribution in [0, 0.1) is 0 Å². The van der Waals surface area contributed by atoms with Crippen molar-refractivity contribution in [2.24, 2.45) is 0 Å². The summed E-state index contributed by atoms with van der Waals surface area (Å²) in [5, 5.41) is 0.983. The molecule has 0 amide bonds. The lowest BCUT2D eigenvalue weighted by Gasteiger charge is -2.12. The van der Waals surface area contributed by atoms with Crippen molar-refractivity contribution in [2.45, 2.75) is 0 Å². The van der Waals surface area contributed by atoms with Crippen LogP contribution in [0.1, 0.15) is 15.9 Å². The molecule has 0 saturated heterocycles. The zero-order valence-corrected chi connectivity index (χ0v) is 14.9. The number of para-hydroxylation sites is 1. The molecule has 0 saturated carbocycles. The van der Waals surface area contributed by atoms with E-state index in [1.54, 1.807) is 6.20 Å². The van der Waals surface area contributed by atoms with E-state index < -0.39 is 0 Å². The molecule has 1 aromatic heterocycles. The average molecular weight is 388 g/mol. The molecule has 4 rings (SSSR count). The number of hydrogen-bond donors (Lipinski definition) is 0. The molecule has 3 aromatic carbocycles. The monoisotopic (exact) mass is 387 g/mol. The fourth-order valence-electron chi connectivity index (χ4n) is 2.99. The second-order valence-corrected chi connectivity index (χ2v) is 6.68. The van der Waals surface area contributed by atoms with E-state index in [0.717, 1.165) is 26.5 Å². The van der Waals surface area contributed by atoms with E-state index in [0.29, 0.717) is 11.1 Å². The fourth-order valence-corrected chi connectivity index (χ4v) is 3.25. The Kier molecular flexibility index (Phi) is 4.16. The van der Waals surface area contributed by atoms with Crippen LogP contribution in [0.5, 0.6) is 0 Å². The first-order valence-electron chi connectivity index (χ1n) is 7.97. The van der Waals surface area contributed by atoms with Gasteiger partial charge >= 0.3 is 0 Å². The maximum absolute atomic E-state index is 13.1. The number of aromatic nitrogens is 1. The minimum atomic E-state index is -0.0235. The van der Waals surface area contributed by atoms with Crippen molar-refractivity contribution in [1.29, 1.82) is 0 Å². The van der Waals surface area contributed by atoms with E-state index in [-0.39, 0.29) is 5.78 Å². The third kappa shape index (κ3) is 2.99. The normalized spacial score (nSPS) is 10.8. The number of rotatable bonds is 3. The molecule has 0 unspecified atom stereocenters. The molecule has 25 heavy (non-hydrogen) atoms. The van der Waals surface area contributed by atoms with Gasteiger partial charge in [-0.2, -0.15) is 0 Å². The lowest BCUT2D eigenvalue weighted by Crippen LogP contribution is -2.05. The minimum absolute atomic E-state index is 0.0235. The van der Waals surface area contributed by atoms with Gasteiger partial charge in [0.2, 0.25) is 0 Å². The maximum Gasteiger partial charge on any atom is 0.195 e. The summed E-state index contributed by atoms with van der Waals surface area (Å²) in [7, 11) is 0. The number of fused-ring (bicyclic) bond motifs is 1. The van der Waals surface area contributed by atoms with Crippen LogP contribution in [0.15, 0.2) is 89.5 Å². The Bertz CT molecular complexity index is 1060. The van der Waals surface area contributed by atoms with E-state index >= 15 is 0 Å². The van der Waals surface area contributed by atoms with E-state index in [9.17, 15) is 4.79 Å². The summed E-state index contributed by atoms with van der Waals surface area (Å²) < 4.78 is 0.948. The van der Waals surface area contributed by atoms with Crippen molar-refractivity contribution in [3.05, 3.63) is 101 Å². The summed E-state index contributed by atoms with van der Waals surface area (Å²) in [6.45, 7) is 0. The third-order valence-electron chi connectivity index (χ3n) is 4.19. The van der Waals surface area contributed by atoms with E-state index in [2.05, 4.69) is 20.9 Å².